The van der Waals surface area contributed by atoms with Crippen molar-refractivity contribution in [3.8, 4) is 11.5 Å². The molecule has 0 amide bonds. The Morgan fingerprint density at radius 1 is 0.906 bits per heavy atom. The van der Waals surface area contributed by atoms with Crippen LogP contribution in [0.2, 0.25) is 5.02 Å². The van der Waals surface area contributed by atoms with Crippen LogP contribution in [0.1, 0.15) is 17.5 Å². The molecular weight excluding hydrogens is 429 g/mol. The van der Waals surface area contributed by atoms with Crippen LogP contribution < -0.4 is 4.90 Å². The summed E-state index contributed by atoms with van der Waals surface area (Å²) in [6, 6.07) is 19.6. The van der Waals surface area contributed by atoms with Crippen LogP contribution in [0.3, 0.4) is 0 Å². The number of hydrogen-bond acceptors (Lipinski definition) is 6. The van der Waals surface area contributed by atoms with Gasteiger partial charge in [0.25, 0.3) is 0 Å². The van der Waals surface area contributed by atoms with Crippen LogP contribution in [0, 0.1) is 5.82 Å². The molecule has 8 heteroatoms. The van der Waals surface area contributed by atoms with Gasteiger partial charge >= 0.3 is 0 Å². The van der Waals surface area contributed by atoms with Gasteiger partial charge in [-0.3, -0.25) is 4.90 Å². The molecule has 1 saturated heterocycles. The van der Waals surface area contributed by atoms with Crippen LogP contribution in [0.5, 0.6) is 0 Å². The molecule has 0 N–H and O–H groups in total. The summed E-state index contributed by atoms with van der Waals surface area (Å²) in [6.45, 7) is 3.04. The van der Waals surface area contributed by atoms with Gasteiger partial charge in [-0.05, 0) is 42.0 Å². The molecule has 2 aromatic carbocycles. The van der Waals surface area contributed by atoms with Crippen molar-refractivity contribution >= 4 is 17.4 Å². The Kier molecular flexibility index (Phi) is 5.83. The summed E-state index contributed by atoms with van der Waals surface area (Å²) in [5, 5.41) is 8.94. The zero-order valence-electron chi connectivity index (χ0n) is 17.2. The second kappa shape index (κ2) is 9.06. The topological polar surface area (TPSA) is 58.3 Å². The molecule has 162 valence electrons. The molecule has 6 nitrogen and oxygen atoms in total. The van der Waals surface area contributed by atoms with Crippen molar-refractivity contribution in [2.75, 3.05) is 31.1 Å². The lowest BCUT2D eigenvalue weighted by Gasteiger charge is -2.38. The third-order valence-electron chi connectivity index (χ3n) is 5.61. The Balaban J connectivity index is 1.45. The van der Waals surface area contributed by atoms with E-state index in [9.17, 15) is 4.39 Å². The number of benzene rings is 2. The van der Waals surface area contributed by atoms with Crippen LogP contribution in [0.25, 0.3) is 11.5 Å². The molecule has 1 atom stereocenters. The standard InChI is InChI=1S/C24H21ClFN5O/c25-20-16-18(26)9-10-19(20)22(24-29-28-23(32-24)17-6-2-1-3-7-17)31-14-12-30(13-15-31)21-8-4-5-11-27-21/h1-11,16,22H,12-15H2/t22-/m1/s1. The van der Waals surface area contributed by atoms with E-state index in [0.717, 1.165) is 43.1 Å². The number of anilines is 1. The average Bonchev–Trinajstić information content (AvgIpc) is 3.32. The maximum atomic E-state index is 13.8. The van der Waals surface area contributed by atoms with Crippen molar-refractivity contribution < 1.29 is 8.81 Å². The monoisotopic (exact) mass is 449 g/mol. The molecule has 1 fully saturated rings. The van der Waals surface area contributed by atoms with E-state index in [1.807, 2.05) is 48.5 Å². The Bertz CT molecular complexity index is 1180. The summed E-state index contributed by atoms with van der Waals surface area (Å²) in [5.74, 6) is 1.44. The maximum absolute atomic E-state index is 13.8. The number of aromatic nitrogens is 3. The predicted molar refractivity (Wildman–Crippen MR) is 121 cm³/mol. The molecule has 2 aromatic heterocycles. The lowest BCUT2D eigenvalue weighted by atomic mass is 10.0. The predicted octanol–water partition coefficient (Wildman–Crippen LogP) is 4.84. The second-order valence-electron chi connectivity index (χ2n) is 7.59. The summed E-state index contributed by atoms with van der Waals surface area (Å²) in [6.07, 6.45) is 1.80. The van der Waals surface area contributed by atoms with Crippen molar-refractivity contribution in [2.24, 2.45) is 0 Å². The zero-order chi connectivity index (χ0) is 21.9. The van der Waals surface area contributed by atoms with Crippen LogP contribution in [0.4, 0.5) is 10.2 Å². The molecule has 0 aliphatic carbocycles. The van der Waals surface area contributed by atoms with Crippen molar-refractivity contribution in [3.63, 3.8) is 0 Å². The van der Waals surface area contributed by atoms with Gasteiger partial charge in [-0.1, -0.05) is 41.9 Å². The average molecular weight is 450 g/mol. The fraction of sp³-hybridized carbons (Fsp3) is 0.208. The number of rotatable bonds is 5. The van der Waals surface area contributed by atoms with Crippen molar-refractivity contribution in [1.82, 2.24) is 20.1 Å². The molecule has 32 heavy (non-hydrogen) atoms. The fourth-order valence-corrected chi connectivity index (χ4v) is 4.27. The summed E-state index contributed by atoms with van der Waals surface area (Å²) in [7, 11) is 0. The number of pyridine rings is 1. The Morgan fingerprint density at radius 2 is 1.69 bits per heavy atom. The minimum atomic E-state index is -0.382. The highest BCUT2D eigenvalue weighted by molar-refractivity contribution is 6.31. The molecule has 0 saturated carbocycles. The van der Waals surface area contributed by atoms with E-state index in [0.29, 0.717) is 16.8 Å². The first kappa shape index (κ1) is 20.6. The van der Waals surface area contributed by atoms with Gasteiger partial charge < -0.3 is 9.32 Å². The number of hydrogen-bond donors (Lipinski definition) is 0. The smallest absolute Gasteiger partial charge is 0.247 e. The van der Waals surface area contributed by atoms with Gasteiger partial charge in [-0.2, -0.15) is 0 Å². The fourth-order valence-electron chi connectivity index (χ4n) is 4.00. The van der Waals surface area contributed by atoms with E-state index in [2.05, 4.69) is 25.0 Å². The highest BCUT2D eigenvalue weighted by Gasteiger charge is 2.32. The van der Waals surface area contributed by atoms with Gasteiger partial charge in [0, 0.05) is 43.0 Å². The van der Waals surface area contributed by atoms with Gasteiger partial charge in [0.05, 0.1) is 0 Å². The molecule has 3 heterocycles. The molecule has 0 spiro atoms. The van der Waals surface area contributed by atoms with Gasteiger partial charge in [0.1, 0.15) is 17.7 Å². The zero-order valence-corrected chi connectivity index (χ0v) is 18.0. The first-order valence-corrected chi connectivity index (χ1v) is 10.8. The molecule has 5 rings (SSSR count). The van der Waals surface area contributed by atoms with E-state index < -0.39 is 0 Å². The first-order chi connectivity index (χ1) is 15.7. The number of piperazine rings is 1. The summed E-state index contributed by atoms with van der Waals surface area (Å²) >= 11 is 6.46. The summed E-state index contributed by atoms with van der Waals surface area (Å²) in [5.41, 5.74) is 1.58. The Labute approximate surface area is 190 Å². The van der Waals surface area contributed by atoms with Crippen molar-refractivity contribution in [1.29, 1.82) is 0 Å². The third-order valence-corrected chi connectivity index (χ3v) is 5.93. The minimum absolute atomic E-state index is 0.335. The SMILES string of the molecule is Fc1ccc([C@H](c2nnc(-c3ccccc3)o2)N2CCN(c3ccccn3)CC2)c(Cl)c1. The molecular formula is C24H21ClFN5O. The van der Waals surface area contributed by atoms with Crippen molar-refractivity contribution in [3.05, 3.63) is 95.2 Å². The van der Waals surface area contributed by atoms with Crippen LogP contribution in [-0.4, -0.2) is 46.3 Å². The highest BCUT2D eigenvalue weighted by Crippen LogP contribution is 2.35. The van der Waals surface area contributed by atoms with Gasteiger partial charge in [-0.25, -0.2) is 9.37 Å². The third kappa shape index (κ3) is 4.22. The summed E-state index contributed by atoms with van der Waals surface area (Å²) < 4.78 is 19.9. The molecule has 0 radical (unpaired) electrons. The van der Waals surface area contributed by atoms with E-state index in [1.54, 1.807) is 12.3 Å². The minimum Gasteiger partial charge on any atom is -0.419 e. The maximum Gasteiger partial charge on any atom is 0.247 e. The molecule has 0 unspecified atom stereocenters. The number of nitrogens with zero attached hydrogens (tertiary/aromatic N) is 5. The largest absolute Gasteiger partial charge is 0.419 e. The Hall–Kier alpha value is -3.29. The quantitative estimate of drug-likeness (QED) is 0.434. The summed E-state index contributed by atoms with van der Waals surface area (Å²) in [4.78, 5) is 8.93. The molecule has 1 aliphatic rings. The molecule has 0 bridgehead atoms. The van der Waals surface area contributed by atoms with Crippen molar-refractivity contribution in [2.45, 2.75) is 6.04 Å². The Morgan fingerprint density at radius 3 is 2.41 bits per heavy atom. The van der Waals surface area contributed by atoms with E-state index >= 15 is 0 Å². The van der Waals surface area contributed by atoms with E-state index in [1.165, 1.54) is 12.1 Å². The van der Waals surface area contributed by atoms with Gasteiger partial charge in [0.2, 0.25) is 11.8 Å². The van der Waals surface area contributed by atoms with E-state index in [4.69, 9.17) is 16.0 Å². The van der Waals surface area contributed by atoms with Gasteiger partial charge in [-0.15, -0.1) is 10.2 Å². The molecule has 1 aliphatic heterocycles. The van der Waals surface area contributed by atoms with Crippen LogP contribution in [-0.2, 0) is 0 Å². The lowest BCUT2D eigenvalue weighted by molar-refractivity contribution is 0.187. The van der Waals surface area contributed by atoms with Crippen LogP contribution in [0.15, 0.2) is 77.3 Å². The second-order valence-corrected chi connectivity index (χ2v) is 8.00. The lowest BCUT2D eigenvalue weighted by Crippen LogP contribution is -2.48. The normalized spacial score (nSPS) is 15.6. The molecule has 4 aromatic rings. The van der Waals surface area contributed by atoms with Crippen LogP contribution >= 0.6 is 11.6 Å². The highest BCUT2D eigenvalue weighted by atomic mass is 35.5. The number of halogens is 2. The van der Waals surface area contributed by atoms with Gasteiger partial charge in [0.15, 0.2) is 0 Å². The first-order valence-electron chi connectivity index (χ1n) is 10.4. The van der Waals surface area contributed by atoms with E-state index in [-0.39, 0.29) is 11.9 Å².